The number of benzene rings is 1. The van der Waals surface area contributed by atoms with Crippen LogP contribution in [0.25, 0.3) is 0 Å². The van der Waals surface area contributed by atoms with Crippen molar-refractivity contribution in [2.75, 3.05) is 25.2 Å². The molecule has 0 radical (unpaired) electrons. The first-order valence-corrected chi connectivity index (χ1v) is 8.15. The van der Waals surface area contributed by atoms with Crippen LogP contribution in [-0.4, -0.2) is 44.9 Å². The molecule has 1 saturated heterocycles. The van der Waals surface area contributed by atoms with Crippen LogP contribution in [0.3, 0.4) is 0 Å². The smallest absolute Gasteiger partial charge is 0.209 e. The molecule has 0 saturated carbocycles. The van der Waals surface area contributed by atoms with E-state index in [1.807, 2.05) is 0 Å². The summed E-state index contributed by atoms with van der Waals surface area (Å²) < 4.78 is 34.3. The van der Waals surface area contributed by atoms with Crippen LogP contribution in [0.1, 0.15) is 5.56 Å². The van der Waals surface area contributed by atoms with Crippen LogP contribution in [0.5, 0.6) is 0 Å². The second-order valence-corrected chi connectivity index (χ2v) is 7.14. The second kappa shape index (κ2) is 5.38. The van der Waals surface area contributed by atoms with E-state index in [0.717, 1.165) is 6.26 Å². The average molecular weight is 307 g/mol. The molecule has 1 heterocycles. The van der Waals surface area contributed by atoms with Crippen molar-refractivity contribution >= 4 is 21.4 Å². The number of aliphatic hydroxyl groups excluding tert-OH is 1. The van der Waals surface area contributed by atoms with Gasteiger partial charge in [-0.2, -0.15) is 0 Å². The fraction of sp³-hybridized carbons (Fsp3) is 0.500. The van der Waals surface area contributed by atoms with Gasteiger partial charge in [-0.3, -0.25) is 0 Å². The lowest BCUT2D eigenvalue weighted by Crippen LogP contribution is -2.36. The van der Waals surface area contributed by atoms with Crippen molar-refractivity contribution < 1.29 is 23.0 Å². The molecule has 0 aliphatic carbocycles. The molecule has 19 heavy (non-hydrogen) atoms. The molecule has 0 aromatic heterocycles. The summed E-state index contributed by atoms with van der Waals surface area (Å²) in [6.07, 6.45) is 0.568. The molecule has 1 aliphatic rings. The summed E-state index contributed by atoms with van der Waals surface area (Å²) >= 11 is 5.92. The number of rotatable bonds is 4. The Morgan fingerprint density at radius 2 is 2.26 bits per heavy atom. The van der Waals surface area contributed by atoms with Crippen LogP contribution in [0, 0.1) is 0 Å². The first kappa shape index (κ1) is 14.7. The zero-order valence-corrected chi connectivity index (χ0v) is 11.9. The monoisotopic (exact) mass is 306 g/mol. The number of sulfone groups is 1. The van der Waals surface area contributed by atoms with Gasteiger partial charge in [-0.25, -0.2) is 8.42 Å². The average Bonchev–Trinajstić information content (AvgIpc) is 2.71. The minimum Gasteiger partial charge on any atom is -0.394 e. The molecule has 1 N–H and O–H groups in total. The van der Waals surface area contributed by atoms with Gasteiger partial charge in [0.1, 0.15) is 11.9 Å². The standard InChI is InChI=1S/C12H15ClO5S/c1-19(15,16)8-12(17-7-11(6-14)18-12)9-3-2-4-10(13)5-9/h2-5,11,14H,6-8H2,1H3/t11-,12-/m0/s1. The lowest BCUT2D eigenvalue weighted by Gasteiger charge is -2.27. The summed E-state index contributed by atoms with van der Waals surface area (Å²) in [7, 11) is -3.33. The Hall–Kier alpha value is -0.660. The van der Waals surface area contributed by atoms with Crippen molar-refractivity contribution in [3.8, 4) is 0 Å². The summed E-state index contributed by atoms with van der Waals surface area (Å²) in [6.45, 7) is -0.0926. The van der Waals surface area contributed by atoms with Gasteiger partial charge in [-0.1, -0.05) is 23.7 Å². The Labute approximate surface area is 117 Å². The number of hydrogen-bond acceptors (Lipinski definition) is 5. The highest BCUT2D eigenvalue weighted by Gasteiger charge is 2.45. The van der Waals surface area contributed by atoms with Gasteiger partial charge in [-0.05, 0) is 12.1 Å². The molecule has 1 aliphatic heterocycles. The Bertz CT molecular complexity index is 559. The largest absolute Gasteiger partial charge is 0.394 e. The van der Waals surface area contributed by atoms with Crippen LogP contribution in [0.4, 0.5) is 0 Å². The van der Waals surface area contributed by atoms with Gasteiger partial charge < -0.3 is 14.6 Å². The van der Waals surface area contributed by atoms with Gasteiger partial charge in [0.25, 0.3) is 0 Å². The molecule has 106 valence electrons. The van der Waals surface area contributed by atoms with E-state index in [1.165, 1.54) is 0 Å². The van der Waals surface area contributed by atoms with Crippen molar-refractivity contribution in [3.05, 3.63) is 34.9 Å². The van der Waals surface area contributed by atoms with E-state index in [9.17, 15) is 8.42 Å². The highest BCUT2D eigenvalue weighted by Crippen LogP contribution is 2.36. The summed E-state index contributed by atoms with van der Waals surface area (Å²) in [5.41, 5.74) is 0.529. The van der Waals surface area contributed by atoms with Gasteiger partial charge >= 0.3 is 0 Å². The maximum absolute atomic E-state index is 11.6. The van der Waals surface area contributed by atoms with Crippen LogP contribution in [0.15, 0.2) is 24.3 Å². The van der Waals surface area contributed by atoms with Crippen molar-refractivity contribution in [2.45, 2.75) is 11.9 Å². The molecular formula is C12H15ClO5S. The lowest BCUT2D eigenvalue weighted by molar-refractivity contribution is -0.162. The molecule has 2 atom stereocenters. The molecule has 0 unspecified atom stereocenters. The number of aliphatic hydroxyl groups is 1. The van der Waals surface area contributed by atoms with Crippen molar-refractivity contribution in [1.29, 1.82) is 0 Å². The predicted octanol–water partition coefficient (Wildman–Crippen LogP) is 0.945. The molecule has 7 heteroatoms. The van der Waals surface area contributed by atoms with Crippen molar-refractivity contribution in [3.63, 3.8) is 0 Å². The molecule has 1 aromatic carbocycles. The zero-order chi connectivity index (χ0) is 14.1. The number of hydrogen-bond donors (Lipinski definition) is 1. The Kier molecular flexibility index (Phi) is 4.17. The Morgan fingerprint density at radius 3 is 2.79 bits per heavy atom. The third-order valence-corrected chi connectivity index (χ3v) is 3.92. The van der Waals surface area contributed by atoms with Crippen LogP contribution in [-0.2, 0) is 25.1 Å². The van der Waals surface area contributed by atoms with E-state index in [0.29, 0.717) is 10.6 Å². The molecular weight excluding hydrogens is 292 g/mol. The Balaban J connectivity index is 2.40. The van der Waals surface area contributed by atoms with Crippen LogP contribution >= 0.6 is 11.6 Å². The minimum atomic E-state index is -3.33. The third kappa shape index (κ3) is 3.46. The topological polar surface area (TPSA) is 72.8 Å². The second-order valence-electron chi connectivity index (χ2n) is 4.57. The lowest BCUT2D eigenvalue weighted by atomic mass is 10.1. The van der Waals surface area contributed by atoms with E-state index < -0.39 is 21.7 Å². The van der Waals surface area contributed by atoms with E-state index in [1.54, 1.807) is 24.3 Å². The van der Waals surface area contributed by atoms with Crippen LogP contribution < -0.4 is 0 Å². The molecule has 1 aromatic rings. The molecule has 2 rings (SSSR count). The molecule has 0 bridgehead atoms. The summed E-state index contributed by atoms with van der Waals surface area (Å²) in [4.78, 5) is 0. The van der Waals surface area contributed by atoms with Crippen molar-refractivity contribution in [1.82, 2.24) is 0 Å². The van der Waals surface area contributed by atoms with Crippen molar-refractivity contribution in [2.24, 2.45) is 0 Å². The minimum absolute atomic E-state index is 0.137. The maximum Gasteiger partial charge on any atom is 0.209 e. The Morgan fingerprint density at radius 1 is 1.53 bits per heavy atom. The molecule has 1 fully saturated rings. The summed E-state index contributed by atoms with van der Waals surface area (Å²) in [6, 6.07) is 6.67. The fourth-order valence-electron chi connectivity index (χ4n) is 2.04. The summed E-state index contributed by atoms with van der Waals surface area (Å²) in [5.74, 6) is -1.72. The van der Waals surface area contributed by atoms with E-state index in [4.69, 9.17) is 26.2 Å². The highest BCUT2D eigenvalue weighted by atomic mass is 35.5. The fourth-order valence-corrected chi connectivity index (χ4v) is 3.23. The van der Waals surface area contributed by atoms with Gasteiger partial charge in [0.15, 0.2) is 9.84 Å². The van der Waals surface area contributed by atoms with Crippen LogP contribution in [0.2, 0.25) is 5.02 Å². The predicted molar refractivity (Wildman–Crippen MR) is 70.8 cm³/mol. The quantitative estimate of drug-likeness (QED) is 0.896. The zero-order valence-electron chi connectivity index (χ0n) is 10.4. The van der Waals surface area contributed by atoms with Gasteiger partial charge in [0.2, 0.25) is 5.79 Å². The van der Waals surface area contributed by atoms with E-state index in [2.05, 4.69) is 0 Å². The highest BCUT2D eigenvalue weighted by molar-refractivity contribution is 7.90. The van der Waals surface area contributed by atoms with E-state index in [-0.39, 0.29) is 19.0 Å². The maximum atomic E-state index is 11.6. The van der Waals surface area contributed by atoms with Gasteiger partial charge in [0, 0.05) is 16.8 Å². The van der Waals surface area contributed by atoms with Gasteiger partial charge in [-0.15, -0.1) is 0 Å². The normalized spacial score (nSPS) is 27.6. The van der Waals surface area contributed by atoms with Gasteiger partial charge in [0.05, 0.1) is 13.2 Å². The molecule has 0 spiro atoms. The number of ether oxygens (including phenoxy) is 2. The third-order valence-electron chi connectivity index (χ3n) is 2.78. The first-order valence-electron chi connectivity index (χ1n) is 5.71. The first-order chi connectivity index (χ1) is 8.85. The SMILES string of the molecule is CS(=O)(=O)C[C@]1(c2cccc(Cl)c2)OC[C@H](CO)O1. The molecule has 5 nitrogen and oxygen atoms in total. The van der Waals surface area contributed by atoms with E-state index >= 15 is 0 Å². The molecule has 0 amide bonds. The summed E-state index contributed by atoms with van der Waals surface area (Å²) in [5, 5.41) is 9.58. The number of halogens is 1.